The lowest BCUT2D eigenvalue weighted by Crippen LogP contribution is -2.40. The van der Waals surface area contributed by atoms with Crippen molar-refractivity contribution in [2.75, 3.05) is 31.7 Å². The van der Waals surface area contributed by atoms with E-state index in [1.54, 1.807) is 24.5 Å². The topological polar surface area (TPSA) is 127 Å². The van der Waals surface area contributed by atoms with Gasteiger partial charge in [0.2, 0.25) is 10.0 Å². The van der Waals surface area contributed by atoms with Crippen LogP contribution in [0.5, 0.6) is 0 Å². The predicted molar refractivity (Wildman–Crippen MR) is 123 cm³/mol. The Morgan fingerprint density at radius 3 is 2.36 bits per heavy atom. The molecule has 170 valence electrons. The number of anilines is 1. The van der Waals surface area contributed by atoms with Crippen LogP contribution in [-0.2, 0) is 14.8 Å². The minimum atomic E-state index is -3.87. The highest BCUT2D eigenvalue weighted by Crippen LogP contribution is 2.29. The first-order valence-corrected chi connectivity index (χ1v) is 11.6. The van der Waals surface area contributed by atoms with Gasteiger partial charge in [-0.05, 0) is 24.3 Å². The van der Waals surface area contributed by atoms with Crippen molar-refractivity contribution in [2.24, 2.45) is 5.10 Å². The summed E-state index contributed by atoms with van der Waals surface area (Å²) in [5.41, 5.74) is 4.54. The zero-order valence-corrected chi connectivity index (χ0v) is 18.3. The Labute approximate surface area is 190 Å². The second-order valence-corrected chi connectivity index (χ2v) is 9.06. The molecule has 0 bridgehead atoms. The summed E-state index contributed by atoms with van der Waals surface area (Å²) in [4.78, 5) is 15.0. The molecule has 0 aliphatic carbocycles. The number of ether oxygens (including phenoxy) is 1. The first-order valence-electron chi connectivity index (χ1n) is 10.1. The minimum absolute atomic E-state index is 0.0726. The number of hydrogen-bond donors (Lipinski definition) is 1. The molecule has 1 saturated heterocycles. The summed E-state index contributed by atoms with van der Waals surface area (Å²) in [6.07, 6.45) is 3.25. The van der Waals surface area contributed by atoms with E-state index in [0.717, 1.165) is 17.2 Å². The van der Waals surface area contributed by atoms with E-state index in [1.165, 1.54) is 16.4 Å². The van der Waals surface area contributed by atoms with Crippen LogP contribution in [0, 0.1) is 10.1 Å². The molecule has 1 fully saturated rings. The van der Waals surface area contributed by atoms with Crippen molar-refractivity contribution < 1.29 is 18.1 Å². The fourth-order valence-corrected chi connectivity index (χ4v) is 4.80. The molecule has 1 aromatic heterocycles. The summed E-state index contributed by atoms with van der Waals surface area (Å²) in [5.74, 6) is 0. The Balaban J connectivity index is 1.69. The van der Waals surface area contributed by atoms with E-state index in [0.29, 0.717) is 5.71 Å². The lowest BCUT2D eigenvalue weighted by atomic mass is 10.0. The number of nitro benzene ring substituents is 1. The molecule has 2 heterocycles. The van der Waals surface area contributed by atoms with Gasteiger partial charge >= 0.3 is 0 Å². The zero-order chi connectivity index (χ0) is 23.3. The molecule has 10 nitrogen and oxygen atoms in total. The molecule has 0 spiro atoms. The van der Waals surface area contributed by atoms with Gasteiger partial charge in [0.1, 0.15) is 5.69 Å². The molecule has 4 rings (SSSR count). The van der Waals surface area contributed by atoms with E-state index in [1.807, 2.05) is 30.3 Å². The van der Waals surface area contributed by atoms with Gasteiger partial charge in [-0.15, -0.1) is 0 Å². The number of benzene rings is 2. The third kappa shape index (κ3) is 5.06. The second-order valence-electron chi connectivity index (χ2n) is 7.13. The number of aromatic nitrogens is 1. The van der Waals surface area contributed by atoms with Gasteiger partial charge in [-0.25, -0.2) is 8.42 Å². The monoisotopic (exact) mass is 467 g/mol. The van der Waals surface area contributed by atoms with Crippen LogP contribution in [0.15, 0.2) is 83.1 Å². The van der Waals surface area contributed by atoms with Gasteiger partial charge in [0.25, 0.3) is 5.69 Å². The Bertz CT molecular complexity index is 1220. The smallest absolute Gasteiger partial charge is 0.295 e. The quantitative estimate of drug-likeness (QED) is 0.321. The summed E-state index contributed by atoms with van der Waals surface area (Å²) in [5, 5.41) is 16.2. The molecule has 0 amide bonds. The van der Waals surface area contributed by atoms with E-state index in [2.05, 4.69) is 15.5 Å². The van der Waals surface area contributed by atoms with Gasteiger partial charge in [-0.1, -0.05) is 30.3 Å². The summed E-state index contributed by atoms with van der Waals surface area (Å²) >= 11 is 0. The number of nitro groups is 1. The van der Waals surface area contributed by atoms with Crippen molar-refractivity contribution >= 4 is 27.1 Å². The van der Waals surface area contributed by atoms with Crippen molar-refractivity contribution in [1.29, 1.82) is 0 Å². The molecule has 0 saturated carbocycles. The van der Waals surface area contributed by atoms with Crippen molar-refractivity contribution in [1.82, 2.24) is 9.29 Å². The van der Waals surface area contributed by atoms with Crippen LogP contribution >= 0.6 is 0 Å². The van der Waals surface area contributed by atoms with E-state index in [-0.39, 0.29) is 36.9 Å². The Kier molecular flexibility index (Phi) is 6.73. The maximum atomic E-state index is 12.9. The number of nitrogens with zero attached hydrogens (tertiary/aromatic N) is 4. The number of sulfonamides is 1. The fourth-order valence-electron chi connectivity index (χ4n) is 3.37. The summed E-state index contributed by atoms with van der Waals surface area (Å²) in [6.45, 7) is 0.972. The van der Waals surface area contributed by atoms with Crippen molar-refractivity contribution in [3.8, 4) is 0 Å². The number of pyridine rings is 1. The number of rotatable bonds is 7. The highest BCUT2D eigenvalue weighted by molar-refractivity contribution is 7.89. The average molecular weight is 468 g/mol. The van der Waals surface area contributed by atoms with Gasteiger partial charge < -0.3 is 4.74 Å². The first kappa shape index (κ1) is 22.5. The van der Waals surface area contributed by atoms with Gasteiger partial charge in [0.15, 0.2) is 0 Å². The summed E-state index contributed by atoms with van der Waals surface area (Å²) < 4.78 is 32.3. The summed E-state index contributed by atoms with van der Waals surface area (Å²) in [7, 11) is -3.87. The van der Waals surface area contributed by atoms with Gasteiger partial charge in [-0.3, -0.25) is 20.5 Å². The number of morpholine rings is 1. The predicted octanol–water partition coefficient (Wildman–Crippen LogP) is 2.88. The number of nitrogens with one attached hydrogen (secondary N) is 1. The Hall–Kier alpha value is -3.67. The van der Waals surface area contributed by atoms with Crippen molar-refractivity contribution in [3.05, 3.63) is 94.3 Å². The van der Waals surface area contributed by atoms with Crippen LogP contribution in [-0.4, -0.2) is 54.6 Å². The number of hydrogen-bond acceptors (Lipinski definition) is 8. The highest BCUT2D eigenvalue weighted by Gasteiger charge is 2.29. The first-order chi connectivity index (χ1) is 16.0. The van der Waals surface area contributed by atoms with Crippen LogP contribution in [0.4, 0.5) is 11.4 Å². The normalized spacial score (nSPS) is 15.2. The van der Waals surface area contributed by atoms with E-state index < -0.39 is 20.6 Å². The molecular weight excluding hydrogens is 446 g/mol. The van der Waals surface area contributed by atoms with Crippen molar-refractivity contribution in [2.45, 2.75) is 4.90 Å². The molecule has 0 unspecified atom stereocenters. The Morgan fingerprint density at radius 2 is 1.70 bits per heavy atom. The number of hydrazone groups is 1. The van der Waals surface area contributed by atoms with Crippen LogP contribution in [0.1, 0.15) is 11.1 Å². The molecule has 1 aliphatic heterocycles. The second kappa shape index (κ2) is 9.86. The van der Waals surface area contributed by atoms with E-state index >= 15 is 0 Å². The van der Waals surface area contributed by atoms with E-state index in [4.69, 9.17) is 4.74 Å². The third-order valence-corrected chi connectivity index (χ3v) is 6.96. The van der Waals surface area contributed by atoms with Crippen molar-refractivity contribution in [3.63, 3.8) is 0 Å². The third-order valence-electron chi connectivity index (χ3n) is 5.06. The van der Waals surface area contributed by atoms with Crippen LogP contribution < -0.4 is 5.43 Å². The molecule has 33 heavy (non-hydrogen) atoms. The molecule has 0 atom stereocenters. The molecule has 2 aromatic carbocycles. The zero-order valence-electron chi connectivity index (χ0n) is 17.5. The van der Waals surface area contributed by atoms with Crippen LogP contribution in [0.2, 0.25) is 0 Å². The summed E-state index contributed by atoms with van der Waals surface area (Å²) in [6, 6.07) is 16.6. The molecular formula is C22H21N5O5S. The van der Waals surface area contributed by atoms with Crippen LogP contribution in [0.25, 0.3) is 0 Å². The van der Waals surface area contributed by atoms with E-state index in [9.17, 15) is 18.5 Å². The molecule has 1 aliphatic rings. The largest absolute Gasteiger partial charge is 0.379 e. The van der Waals surface area contributed by atoms with Gasteiger partial charge in [-0.2, -0.15) is 9.41 Å². The van der Waals surface area contributed by atoms with Gasteiger partial charge in [0.05, 0.1) is 28.7 Å². The highest BCUT2D eigenvalue weighted by atomic mass is 32.2. The van der Waals surface area contributed by atoms with Gasteiger partial charge in [0, 0.05) is 42.7 Å². The molecule has 11 heteroatoms. The fraction of sp³-hybridized carbons (Fsp3) is 0.182. The standard InChI is InChI=1S/C22H21N5O5S/c28-27(29)21-16-19(33(30,31)26-12-14-32-15-13-26)6-7-20(21)24-25-22(17-4-2-1-3-5-17)18-8-10-23-11-9-18/h1-11,16,24H,12-15H2/b25-22+. The molecule has 0 radical (unpaired) electrons. The lowest BCUT2D eigenvalue weighted by Gasteiger charge is -2.26. The molecule has 1 N–H and O–H groups in total. The average Bonchev–Trinajstić information content (AvgIpc) is 2.86. The maximum absolute atomic E-state index is 12.9. The van der Waals surface area contributed by atoms with Crippen LogP contribution in [0.3, 0.4) is 0 Å². The lowest BCUT2D eigenvalue weighted by molar-refractivity contribution is -0.384. The molecule has 3 aromatic rings. The Morgan fingerprint density at radius 1 is 1.03 bits per heavy atom. The maximum Gasteiger partial charge on any atom is 0.295 e. The minimum Gasteiger partial charge on any atom is -0.379 e. The SMILES string of the molecule is O=[N+]([O-])c1cc(S(=O)(=O)N2CCOCC2)ccc1N/N=C(\c1ccccc1)c1ccncc1.